The van der Waals surface area contributed by atoms with E-state index in [1.54, 1.807) is 24.3 Å². The minimum atomic E-state index is -0.401. The van der Waals surface area contributed by atoms with Crippen molar-refractivity contribution in [1.29, 1.82) is 0 Å². The van der Waals surface area contributed by atoms with Crippen molar-refractivity contribution < 1.29 is 13.6 Å². The first-order chi connectivity index (χ1) is 12.5. The molecule has 3 aromatic heterocycles. The number of amides is 1. The zero-order chi connectivity index (χ0) is 18.3. The lowest BCUT2D eigenvalue weighted by Crippen LogP contribution is -2.27. The van der Waals surface area contributed by atoms with Gasteiger partial charge in [0.2, 0.25) is 5.43 Å². The predicted octanol–water partition coefficient (Wildman–Crippen LogP) is 2.78. The Bertz CT molecular complexity index is 1180. The number of hydrogen-bond donors (Lipinski definition) is 1. The molecule has 26 heavy (non-hydrogen) atoms. The van der Waals surface area contributed by atoms with E-state index < -0.39 is 5.91 Å². The molecule has 0 radical (unpaired) electrons. The predicted molar refractivity (Wildman–Crippen MR) is 96.3 cm³/mol. The highest BCUT2D eigenvalue weighted by Gasteiger charge is 2.17. The van der Waals surface area contributed by atoms with Crippen LogP contribution < -0.4 is 10.7 Å². The first-order valence-corrected chi connectivity index (χ1v) is 8.27. The molecule has 4 aromatic rings. The summed E-state index contributed by atoms with van der Waals surface area (Å²) in [4.78, 5) is 24.8. The van der Waals surface area contributed by atoms with Crippen LogP contribution in [0.15, 0.2) is 50.0 Å². The highest BCUT2D eigenvalue weighted by atomic mass is 16.5. The summed E-state index contributed by atoms with van der Waals surface area (Å²) in [5.41, 5.74) is 2.17. The van der Waals surface area contributed by atoms with Crippen molar-refractivity contribution in [1.82, 2.24) is 15.1 Å². The summed E-state index contributed by atoms with van der Waals surface area (Å²) in [6.07, 6.45) is 0. The molecule has 0 bridgehead atoms. The van der Waals surface area contributed by atoms with Gasteiger partial charge in [-0.3, -0.25) is 14.3 Å². The maximum absolute atomic E-state index is 12.5. The largest absolute Gasteiger partial charge is 0.425 e. The number of fused-ring (bicyclic) bond motifs is 2. The van der Waals surface area contributed by atoms with E-state index in [1.165, 1.54) is 6.07 Å². The quantitative estimate of drug-likeness (QED) is 0.610. The Morgan fingerprint density at radius 3 is 2.73 bits per heavy atom. The van der Waals surface area contributed by atoms with Crippen LogP contribution in [-0.2, 0) is 6.54 Å². The maximum Gasteiger partial charge on any atom is 0.302 e. The Hall–Kier alpha value is -3.35. The minimum Gasteiger partial charge on any atom is -0.425 e. The van der Waals surface area contributed by atoms with Gasteiger partial charge in [0.25, 0.3) is 5.91 Å². The number of carbonyl (C=O) groups is 1. The summed E-state index contributed by atoms with van der Waals surface area (Å²) in [7, 11) is 0. The van der Waals surface area contributed by atoms with E-state index in [0.29, 0.717) is 24.1 Å². The number of hydrogen-bond acceptors (Lipinski definition) is 5. The number of nitrogens with one attached hydrogen (secondary N) is 1. The lowest BCUT2D eigenvalue weighted by Gasteiger charge is -2.05. The fourth-order valence-electron chi connectivity index (χ4n) is 2.97. The summed E-state index contributed by atoms with van der Waals surface area (Å²) in [5, 5.41) is 7.82. The van der Waals surface area contributed by atoms with Gasteiger partial charge in [-0.05, 0) is 32.0 Å². The Labute approximate surface area is 148 Å². The van der Waals surface area contributed by atoms with Gasteiger partial charge >= 0.3 is 5.78 Å². The fourth-order valence-corrected chi connectivity index (χ4v) is 2.97. The summed E-state index contributed by atoms with van der Waals surface area (Å²) in [6.45, 7) is 4.82. The summed E-state index contributed by atoms with van der Waals surface area (Å²) in [5.74, 6) is -0.302. The molecule has 0 aliphatic heterocycles. The van der Waals surface area contributed by atoms with Crippen LogP contribution in [0.2, 0.25) is 0 Å². The van der Waals surface area contributed by atoms with Gasteiger partial charge in [0.15, 0.2) is 5.76 Å². The molecule has 0 aliphatic carbocycles. The van der Waals surface area contributed by atoms with Gasteiger partial charge in [0, 0.05) is 18.3 Å². The van der Waals surface area contributed by atoms with Gasteiger partial charge in [-0.25, -0.2) is 0 Å². The molecule has 0 saturated heterocycles. The van der Waals surface area contributed by atoms with Gasteiger partial charge in [-0.1, -0.05) is 12.1 Å². The third kappa shape index (κ3) is 2.77. The zero-order valence-electron chi connectivity index (χ0n) is 14.4. The number of aromatic nitrogens is 2. The van der Waals surface area contributed by atoms with Crippen LogP contribution in [0.3, 0.4) is 0 Å². The highest BCUT2D eigenvalue weighted by molar-refractivity contribution is 5.97. The number of aryl methyl sites for hydroxylation is 2. The van der Waals surface area contributed by atoms with E-state index in [-0.39, 0.29) is 22.4 Å². The van der Waals surface area contributed by atoms with Crippen LogP contribution in [0.1, 0.15) is 21.9 Å². The van der Waals surface area contributed by atoms with Crippen molar-refractivity contribution in [3.8, 4) is 0 Å². The SMILES string of the molecule is Cc1cc(C)n(CCNC(=O)c2cc3c(=O)c4ccccc4oc3o2)n1. The first kappa shape index (κ1) is 16.1. The fraction of sp³-hybridized carbons (Fsp3) is 0.211. The molecule has 1 N–H and O–H groups in total. The average Bonchev–Trinajstić information content (AvgIpc) is 3.18. The van der Waals surface area contributed by atoms with Gasteiger partial charge in [0.05, 0.1) is 17.6 Å². The molecule has 4 rings (SSSR count). The van der Waals surface area contributed by atoms with Crippen molar-refractivity contribution in [3.63, 3.8) is 0 Å². The lowest BCUT2D eigenvalue weighted by molar-refractivity contribution is 0.0924. The molecule has 1 amide bonds. The van der Waals surface area contributed by atoms with Crippen LogP contribution in [0.4, 0.5) is 0 Å². The molecule has 132 valence electrons. The van der Waals surface area contributed by atoms with Crippen molar-refractivity contribution in [2.45, 2.75) is 20.4 Å². The Morgan fingerprint density at radius 2 is 1.96 bits per heavy atom. The molecule has 0 atom stereocenters. The number of para-hydroxylation sites is 1. The van der Waals surface area contributed by atoms with Crippen LogP contribution in [0, 0.1) is 13.8 Å². The van der Waals surface area contributed by atoms with Gasteiger partial charge in [-0.15, -0.1) is 0 Å². The number of benzene rings is 1. The summed E-state index contributed by atoms with van der Waals surface area (Å²) >= 11 is 0. The van der Waals surface area contributed by atoms with Crippen LogP contribution >= 0.6 is 0 Å². The average molecular weight is 351 g/mol. The maximum atomic E-state index is 12.5. The number of rotatable bonds is 4. The Morgan fingerprint density at radius 1 is 1.15 bits per heavy atom. The van der Waals surface area contributed by atoms with Gasteiger partial charge < -0.3 is 14.2 Å². The second-order valence-electron chi connectivity index (χ2n) is 6.15. The van der Waals surface area contributed by atoms with E-state index >= 15 is 0 Å². The van der Waals surface area contributed by atoms with E-state index in [9.17, 15) is 9.59 Å². The van der Waals surface area contributed by atoms with E-state index in [1.807, 2.05) is 24.6 Å². The molecular weight excluding hydrogens is 334 g/mol. The monoisotopic (exact) mass is 351 g/mol. The molecule has 1 aromatic carbocycles. The molecule has 3 heterocycles. The summed E-state index contributed by atoms with van der Waals surface area (Å²) in [6, 6.07) is 10.3. The van der Waals surface area contributed by atoms with E-state index in [0.717, 1.165) is 11.4 Å². The zero-order valence-corrected chi connectivity index (χ0v) is 14.4. The third-order valence-corrected chi connectivity index (χ3v) is 4.21. The molecule has 0 aliphatic rings. The molecule has 0 saturated carbocycles. The topological polar surface area (TPSA) is 90.3 Å². The molecule has 0 spiro atoms. The van der Waals surface area contributed by atoms with Crippen LogP contribution in [-0.4, -0.2) is 22.2 Å². The Balaban J connectivity index is 1.55. The number of carbonyl (C=O) groups excluding carboxylic acids is 1. The minimum absolute atomic E-state index is 0.0459. The standard InChI is InChI=1S/C19H17N3O4/c1-11-9-12(2)22(21-11)8-7-20-18(24)16-10-14-17(23)13-5-3-4-6-15(13)25-19(14)26-16/h3-6,9-10H,7-8H2,1-2H3,(H,20,24). The van der Waals surface area contributed by atoms with E-state index in [2.05, 4.69) is 10.4 Å². The lowest BCUT2D eigenvalue weighted by atomic mass is 10.2. The summed E-state index contributed by atoms with van der Waals surface area (Å²) < 4.78 is 12.9. The molecule has 7 nitrogen and oxygen atoms in total. The number of nitrogens with zero attached hydrogens (tertiary/aromatic N) is 2. The van der Waals surface area contributed by atoms with E-state index in [4.69, 9.17) is 8.83 Å². The normalized spacial score (nSPS) is 11.3. The Kier molecular flexibility index (Phi) is 3.84. The number of furan rings is 1. The molecule has 7 heteroatoms. The second-order valence-corrected chi connectivity index (χ2v) is 6.15. The van der Waals surface area contributed by atoms with Crippen molar-refractivity contribution >= 4 is 28.0 Å². The smallest absolute Gasteiger partial charge is 0.302 e. The molecule has 0 fully saturated rings. The van der Waals surface area contributed by atoms with Gasteiger partial charge in [0.1, 0.15) is 11.0 Å². The van der Waals surface area contributed by atoms with Crippen molar-refractivity contribution in [2.75, 3.05) is 6.54 Å². The van der Waals surface area contributed by atoms with Crippen LogP contribution in [0.5, 0.6) is 0 Å². The first-order valence-electron chi connectivity index (χ1n) is 8.27. The van der Waals surface area contributed by atoms with Crippen molar-refractivity contribution in [2.24, 2.45) is 0 Å². The molecular formula is C19H17N3O4. The molecule has 0 unspecified atom stereocenters. The van der Waals surface area contributed by atoms with Crippen LogP contribution in [0.25, 0.3) is 22.1 Å². The van der Waals surface area contributed by atoms with Gasteiger partial charge in [-0.2, -0.15) is 5.10 Å². The third-order valence-electron chi connectivity index (χ3n) is 4.21. The highest BCUT2D eigenvalue weighted by Crippen LogP contribution is 2.21. The van der Waals surface area contributed by atoms with Crippen molar-refractivity contribution in [3.05, 3.63) is 63.8 Å². The second kappa shape index (κ2) is 6.18.